The van der Waals surface area contributed by atoms with E-state index in [0.29, 0.717) is 22.9 Å². The fourth-order valence-electron chi connectivity index (χ4n) is 3.23. The van der Waals surface area contributed by atoms with Crippen molar-refractivity contribution >= 4 is 23.4 Å². The van der Waals surface area contributed by atoms with Crippen LogP contribution in [0.1, 0.15) is 47.1 Å². The maximum Gasteiger partial charge on any atom is 0.263 e. The molecule has 4 rings (SSSR count). The smallest absolute Gasteiger partial charge is 0.263 e. The first-order chi connectivity index (χ1) is 17.3. The van der Waals surface area contributed by atoms with Crippen molar-refractivity contribution < 1.29 is 14.4 Å². The quantitative estimate of drug-likeness (QED) is 0.303. The number of hydrogen-bond acceptors (Lipinski definition) is 9. The molecule has 4 aromatic rings. The van der Waals surface area contributed by atoms with Crippen molar-refractivity contribution in [1.29, 1.82) is 0 Å². The van der Waals surface area contributed by atoms with Crippen LogP contribution < -0.4 is 16.4 Å². The van der Waals surface area contributed by atoms with E-state index in [-0.39, 0.29) is 30.1 Å². The van der Waals surface area contributed by atoms with E-state index in [1.807, 2.05) is 57.2 Å². The van der Waals surface area contributed by atoms with Gasteiger partial charge in [-0.05, 0) is 42.7 Å². The average Bonchev–Trinajstić information content (AvgIpc) is 3.36. The largest absolute Gasteiger partial charge is 0.396 e. The Labute approximate surface area is 210 Å². The van der Waals surface area contributed by atoms with E-state index in [9.17, 15) is 4.79 Å². The fourth-order valence-corrected chi connectivity index (χ4v) is 3.23. The van der Waals surface area contributed by atoms with Gasteiger partial charge in [-0.25, -0.2) is 4.98 Å². The summed E-state index contributed by atoms with van der Waals surface area (Å²) >= 11 is 0. The van der Waals surface area contributed by atoms with E-state index < -0.39 is 0 Å². The number of nitrogen functional groups attached to an aromatic ring is 1. The number of aliphatic hydroxyl groups excluding tert-OH is 1. The van der Waals surface area contributed by atoms with Crippen LogP contribution in [0.3, 0.4) is 0 Å². The van der Waals surface area contributed by atoms with E-state index >= 15 is 0 Å². The fraction of sp³-hybridized carbons (Fsp3) is 0.269. The third-order valence-electron chi connectivity index (χ3n) is 5.20. The highest BCUT2D eigenvalue weighted by Gasteiger charge is 2.16. The molecule has 0 bridgehead atoms. The lowest BCUT2D eigenvalue weighted by Gasteiger charge is -2.09. The lowest BCUT2D eigenvalue weighted by atomic mass is 10.1. The van der Waals surface area contributed by atoms with Gasteiger partial charge in [-0.1, -0.05) is 49.3 Å². The Morgan fingerprint density at radius 2 is 1.89 bits per heavy atom. The first kappa shape index (κ1) is 26.3. The molecular formula is C26H31N7O3. The first-order valence-corrected chi connectivity index (χ1v) is 11.5. The van der Waals surface area contributed by atoms with Crippen LogP contribution in [0.4, 0.5) is 17.5 Å². The molecule has 0 aliphatic rings. The Balaban J connectivity index is 0.000000338. The van der Waals surface area contributed by atoms with E-state index in [1.165, 1.54) is 11.8 Å². The molecule has 1 amide bonds. The topological polar surface area (TPSA) is 152 Å². The average molecular weight is 490 g/mol. The molecule has 10 nitrogen and oxygen atoms in total. The van der Waals surface area contributed by atoms with Crippen LogP contribution in [-0.2, 0) is 6.42 Å². The summed E-state index contributed by atoms with van der Waals surface area (Å²) in [6.07, 6.45) is 2.30. The van der Waals surface area contributed by atoms with Gasteiger partial charge < -0.3 is 26.0 Å². The second-order valence-corrected chi connectivity index (χ2v) is 8.30. The van der Waals surface area contributed by atoms with Gasteiger partial charge in [-0.3, -0.25) is 4.79 Å². The molecule has 2 heterocycles. The number of rotatable bonds is 7. The van der Waals surface area contributed by atoms with E-state index in [4.69, 9.17) is 15.4 Å². The minimum absolute atomic E-state index is 0.135. The Hall–Kier alpha value is -4.31. The summed E-state index contributed by atoms with van der Waals surface area (Å²) in [5.41, 5.74) is 9.88. The molecule has 0 aliphatic heterocycles. The third kappa shape index (κ3) is 6.86. The molecule has 5 N–H and O–H groups in total. The second kappa shape index (κ2) is 12.4. The summed E-state index contributed by atoms with van der Waals surface area (Å²) in [6.45, 7) is 6.04. The van der Waals surface area contributed by atoms with Crippen LogP contribution >= 0.6 is 0 Å². The number of carbonyl (C=O) groups excluding carboxylic acids is 1. The summed E-state index contributed by atoms with van der Waals surface area (Å²) in [5.74, 6) is 1.44. The van der Waals surface area contributed by atoms with Crippen LogP contribution in [0.25, 0.3) is 11.5 Å². The van der Waals surface area contributed by atoms with Crippen molar-refractivity contribution in [2.24, 2.45) is 0 Å². The zero-order valence-corrected chi connectivity index (χ0v) is 20.8. The zero-order chi connectivity index (χ0) is 26.1. The normalized spacial score (nSPS) is 10.5. The van der Waals surface area contributed by atoms with Crippen molar-refractivity contribution in [3.8, 4) is 11.5 Å². The highest BCUT2D eigenvalue weighted by Crippen LogP contribution is 2.25. The maximum absolute atomic E-state index is 11.8. The number of aliphatic hydroxyl groups is 1. The van der Waals surface area contributed by atoms with Crippen molar-refractivity contribution in [3.05, 3.63) is 77.2 Å². The van der Waals surface area contributed by atoms with E-state index in [2.05, 4.69) is 30.7 Å². The lowest BCUT2D eigenvalue weighted by molar-refractivity contribution is 0.0962. The maximum atomic E-state index is 11.8. The minimum Gasteiger partial charge on any atom is -0.396 e. The van der Waals surface area contributed by atoms with Gasteiger partial charge in [-0.2, -0.15) is 9.97 Å². The number of anilines is 3. The summed E-state index contributed by atoms with van der Waals surface area (Å²) in [4.78, 5) is 24.6. The summed E-state index contributed by atoms with van der Waals surface area (Å²) in [5, 5.41) is 18.1. The van der Waals surface area contributed by atoms with E-state index in [0.717, 1.165) is 17.7 Å². The zero-order valence-electron chi connectivity index (χ0n) is 20.8. The molecular weight excluding hydrogens is 458 g/mol. The van der Waals surface area contributed by atoms with E-state index in [1.54, 1.807) is 19.2 Å². The molecule has 2 aromatic heterocycles. The molecule has 2 aromatic carbocycles. The molecule has 0 aliphatic carbocycles. The molecule has 0 saturated carbocycles. The highest BCUT2D eigenvalue weighted by atomic mass is 16.5. The highest BCUT2D eigenvalue weighted by molar-refractivity contribution is 5.95. The van der Waals surface area contributed by atoms with Crippen molar-refractivity contribution in [3.63, 3.8) is 0 Å². The predicted octanol–water partition coefficient (Wildman–Crippen LogP) is 3.87. The van der Waals surface area contributed by atoms with Crippen molar-refractivity contribution in [2.45, 2.75) is 33.1 Å². The van der Waals surface area contributed by atoms with Gasteiger partial charge in [0.15, 0.2) is 5.82 Å². The standard InChI is InChI=1S/C18H21N7O2.C8H10O/c1-9(2)15-24-17(27-25-15)13-8-21-18(23-14(13)19)22-11-5-6-12(10(3)7-11)16(26)20-4;9-7-6-8-4-2-1-3-5-8/h5-9H,1-4H3,(H,20,26)(H3,19,21,22,23);1-5,9H,6-7H2. The number of carbonyl (C=O) groups is 1. The molecule has 10 heteroatoms. The molecule has 0 unspecified atom stereocenters. The number of hydrogen-bond donors (Lipinski definition) is 4. The van der Waals surface area contributed by atoms with Gasteiger partial charge in [0.05, 0.1) is 0 Å². The van der Waals surface area contributed by atoms with Gasteiger partial charge in [0.25, 0.3) is 11.8 Å². The molecule has 0 radical (unpaired) electrons. The lowest BCUT2D eigenvalue weighted by Crippen LogP contribution is -2.18. The van der Waals surface area contributed by atoms with Crippen LogP contribution in [0.15, 0.2) is 59.3 Å². The number of nitrogens with zero attached hydrogens (tertiary/aromatic N) is 4. The van der Waals surface area contributed by atoms with Gasteiger partial charge >= 0.3 is 0 Å². The molecule has 36 heavy (non-hydrogen) atoms. The molecule has 0 atom stereocenters. The second-order valence-electron chi connectivity index (χ2n) is 8.30. The number of benzene rings is 2. The van der Waals surface area contributed by atoms with Crippen LogP contribution in [0, 0.1) is 6.92 Å². The number of nitrogens with one attached hydrogen (secondary N) is 2. The van der Waals surface area contributed by atoms with Crippen LogP contribution in [-0.4, -0.2) is 44.8 Å². The minimum atomic E-state index is -0.135. The van der Waals surface area contributed by atoms with Gasteiger partial charge in [0.1, 0.15) is 11.4 Å². The van der Waals surface area contributed by atoms with Crippen LogP contribution in [0.5, 0.6) is 0 Å². The van der Waals surface area contributed by atoms with Crippen molar-refractivity contribution in [2.75, 3.05) is 24.7 Å². The SMILES string of the molecule is CNC(=O)c1ccc(Nc2ncc(-c3nc(C(C)C)no3)c(N)n2)cc1C.OCCc1ccccc1. The third-order valence-corrected chi connectivity index (χ3v) is 5.20. The Morgan fingerprint density at radius 1 is 1.14 bits per heavy atom. The van der Waals surface area contributed by atoms with Crippen molar-refractivity contribution in [1.82, 2.24) is 25.4 Å². The number of aromatic nitrogens is 4. The summed E-state index contributed by atoms with van der Waals surface area (Å²) in [6, 6.07) is 15.3. The number of nitrogens with two attached hydrogens (primary N) is 1. The van der Waals surface area contributed by atoms with Gasteiger partial charge in [0.2, 0.25) is 5.95 Å². The van der Waals surface area contributed by atoms with Gasteiger partial charge in [-0.15, -0.1) is 0 Å². The predicted molar refractivity (Wildman–Crippen MR) is 139 cm³/mol. The van der Waals surface area contributed by atoms with Gasteiger partial charge in [0, 0.05) is 37.0 Å². The Kier molecular flexibility index (Phi) is 9.07. The molecule has 0 saturated heterocycles. The Morgan fingerprint density at radius 3 is 2.47 bits per heavy atom. The number of aryl methyl sites for hydroxylation is 1. The molecule has 188 valence electrons. The summed E-state index contributed by atoms with van der Waals surface area (Å²) in [7, 11) is 1.60. The van der Waals surface area contributed by atoms with Crippen LogP contribution in [0.2, 0.25) is 0 Å². The monoisotopic (exact) mass is 489 g/mol. The molecule has 0 spiro atoms. The Bertz CT molecular complexity index is 1290. The summed E-state index contributed by atoms with van der Waals surface area (Å²) < 4.78 is 5.23. The first-order valence-electron chi connectivity index (χ1n) is 11.5. The number of amides is 1. The molecule has 0 fully saturated rings.